The van der Waals surface area contributed by atoms with E-state index in [1.165, 1.54) is 27.7 Å². The van der Waals surface area contributed by atoms with Crippen LogP contribution in [0.15, 0.2) is 0 Å². The minimum Gasteiger partial charge on any atom is -0.481 e. The first-order valence-corrected chi connectivity index (χ1v) is 8.51. The van der Waals surface area contributed by atoms with E-state index in [1.54, 1.807) is 0 Å². The van der Waals surface area contributed by atoms with Gasteiger partial charge in [0.05, 0.1) is 12.5 Å². The molecular formula is C17H28O10. The maximum atomic E-state index is 11.7. The van der Waals surface area contributed by atoms with E-state index in [-0.39, 0.29) is 25.2 Å². The molecule has 0 aliphatic heterocycles. The third-order valence-electron chi connectivity index (χ3n) is 4.14. The van der Waals surface area contributed by atoms with Crippen LogP contribution < -0.4 is 0 Å². The van der Waals surface area contributed by atoms with Crippen LogP contribution in [0.1, 0.15) is 40.5 Å². The van der Waals surface area contributed by atoms with E-state index >= 15 is 0 Å². The van der Waals surface area contributed by atoms with E-state index in [0.29, 0.717) is 0 Å². The summed E-state index contributed by atoms with van der Waals surface area (Å²) in [5.74, 6) is -4.87. The summed E-state index contributed by atoms with van der Waals surface area (Å²) in [7, 11) is 0. The zero-order valence-electron chi connectivity index (χ0n) is 15.9. The molecule has 27 heavy (non-hydrogen) atoms. The first-order chi connectivity index (χ1) is 12.5. The molecule has 0 bridgehead atoms. The van der Waals surface area contributed by atoms with Gasteiger partial charge in [-0.15, -0.1) is 0 Å². The number of carbonyl (C=O) groups is 4. The van der Waals surface area contributed by atoms with Crippen LogP contribution in [-0.4, -0.2) is 64.4 Å². The van der Waals surface area contributed by atoms with E-state index in [1.807, 2.05) is 0 Å². The number of carboxylic acids is 1. The number of hydrogen-bond donors (Lipinski definition) is 3. The second-order valence-electron chi connectivity index (χ2n) is 6.43. The fraction of sp³-hybridized carbons (Fsp3) is 0.765. The number of hydrogen-bond acceptors (Lipinski definition) is 9. The molecule has 0 aromatic heterocycles. The Kier molecular flexibility index (Phi) is 11.6. The van der Waals surface area contributed by atoms with Crippen LogP contribution in [0.25, 0.3) is 0 Å². The van der Waals surface area contributed by atoms with Gasteiger partial charge in [0, 0.05) is 18.3 Å². The summed E-state index contributed by atoms with van der Waals surface area (Å²) in [6.45, 7) is 4.85. The van der Waals surface area contributed by atoms with Gasteiger partial charge >= 0.3 is 11.9 Å². The van der Waals surface area contributed by atoms with Crippen molar-refractivity contribution in [3.05, 3.63) is 0 Å². The van der Waals surface area contributed by atoms with Crippen molar-refractivity contribution < 1.29 is 49.0 Å². The smallest absolute Gasteiger partial charge is 0.342 e. The van der Waals surface area contributed by atoms with Gasteiger partial charge in [-0.2, -0.15) is 4.89 Å². The van der Waals surface area contributed by atoms with Crippen molar-refractivity contribution in [2.45, 2.75) is 52.9 Å². The average molecular weight is 392 g/mol. The Morgan fingerprint density at radius 2 is 1.56 bits per heavy atom. The highest BCUT2D eigenvalue weighted by atomic mass is 17.2. The summed E-state index contributed by atoms with van der Waals surface area (Å²) in [6.07, 6.45) is -3.10. The fourth-order valence-corrected chi connectivity index (χ4v) is 2.06. The van der Waals surface area contributed by atoms with Crippen LogP contribution in [0.5, 0.6) is 0 Å². The maximum Gasteiger partial charge on any atom is 0.342 e. The van der Waals surface area contributed by atoms with Gasteiger partial charge in [0.25, 0.3) is 0 Å². The van der Waals surface area contributed by atoms with Gasteiger partial charge in [-0.05, 0) is 27.2 Å². The fourth-order valence-electron chi connectivity index (χ4n) is 2.06. The Morgan fingerprint density at radius 3 is 2.00 bits per heavy atom. The number of ether oxygens (including phenoxy) is 1. The van der Waals surface area contributed by atoms with Gasteiger partial charge in [0.2, 0.25) is 0 Å². The minimum atomic E-state index is -1.76. The molecule has 10 heteroatoms. The monoisotopic (exact) mass is 392 g/mol. The van der Waals surface area contributed by atoms with Crippen LogP contribution in [0.3, 0.4) is 0 Å². The molecule has 0 saturated heterocycles. The molecule has 0 aromatic carbocycles. The lowest BCUT2D eigenvalue weighted by molar-refractivity contribution is -0.282. The molecule has 0 amide bonds. The van der Waals surface area contributed by atoms with Crippen molar-refractivity contribution in [2.24, 2.45) is 17.8 Å². The number of aliphatic hydroxyl groups is 2. The third kappa shape index (κ3) is 10.1. The summed E-state index contributed by atoms with van der Waals surface area (Å²) in [5, 5.41) is 27.4. The molecule has 3 N–H and O–H groups in total. The molecule has 0 heterocycles. The Balaban J connectivity index is 4.36. The SMILES string of the molecule is CC(=O)C(COOC(=O)CCC(C(O)O)C(C)C(C)=O)OCC(C)C(=O)O. The molecule has 0 aromatic rings. The van der Waals surface area contributed by atoms with E-state index < -0.39 is 54.5 Å². The lowest BCUT2D eigenvalue weighted by atomic mass is 9.86. The predicted molar refractivity (Wildman–Crippen MR) is 90.1 cm³/mol. The van der Waals surface area contributed by atoms with Crippen LogP contribution in [0, 0.1) is 17.8 Å². The molecular weight excluding hydrogens is 364 g/mol. The van der Waals surface area contributed by atoms with Crippen molar-refractivity contribution in [1.29, 1.82) is 0 Å². The molecule has 0 radical (unpaired) electrons. The second kappa shape index (κ2) is 12.5. The van der Waals surface area contributed by atoms with E-state index in [0.717, 1.165) is 0 Å². The molecule has 0 aliphatic rings. The number of Topliss-reactive ketones (excluding diaryl/α,β-unsaturated/α-hetero) is 2. The molecule has 4 atom stereocenters. The third-order valence-corrected chi connectivity index (χ3v) is 4.14. The van der Waals surface area contributed by atoms with Crippen molar-refractivity contribution in [3.63, 3.8) is 0 Å². The number of ketones is 2. The second-order valence-corrected chi connectivity index (χ2v) is 6.43. The van der Waals surface area contributed by atoms with Crippen LogP contribution in [0.4, 0.5) is 0 Å². The zero-order chi connectivity index (χ0) is 21.1. The first kappa shape index (κ1) is 25.1. The lowest BCUT2D eigenvalue weighted by Gasteiger charge is -2.23. The summed E-state index contributed by atoms with van der Waals surface area (Å²) >= 11 is 0. The molecule has 0 fully saturated rings. The van der Waals surface area contributed by atoms with Gasteiger partial charge < -0.3 is 20.1 Å². The lowest BCUT2D eigenvalue weighted by Crippen LogP contribution is -2.32. The summed E-state index contributed by atoms with van der Waals surface area (Å²) < 4.78 is 5.15. The molecule has 0 saturated carbocycles. The maximum absolute atomic E-state index is 11.7. The predicted octanol–water partition coefficient (Wildman–Crippen LogP) is 0.0883. The Hall–Kier alpha value is -1.88. The van der Waals surface area contributed by atoms with Gasteiger partial charge in [-0.3, -0.25) is 19.3 Å². The van der Waals surface area contributed by atoms with Crippen molar-refractivity contribution in [1.82, 2.24) is 0 Å². The Labute approximate surface area is 157 Å². The molecule has 156 valence electrons. The van der Waals surface area contributed by atoms with Gasteiger partial charge in [0.1, 0.15) is 18.5 Å². The van der Waals surface area contributed by atoms with Gasteiger partial charge in [0.15, 0.2) is 12.1 Å². The zero-order valence-corrected chi connectivity index (χ0v) is 15.9. The largest absolute Gasteiger partial charge is 0.481 e. The van der Waals surface area contributed by atoms with Crippen molar-refractivity contribution >= 4 is 23.5 Å². The van der Waals surface area contributed by atoms with E-state index in [4.69, 9.17) is 9.84 Å². The van der Waals surface area contributed by atoms with Crippen LogP contribution in [-0.2, 0) is 33.7 Å². The van der Waals surface area contributed by atoms with E-state index in [9.17, 15) is 29.4 Å². The normalized spacial score (nSPS) is 15.7. The van der Waals surface area contributed by atoms with Gasteiger partial charge in [-0.1, -0.05) is 6.92 Å². The average Bonchev–Trinajstić information content (AvgIpc) is 2.56. The highest BCUT2D eigenvalue weighted by Gasteiger charge is 2.28. The summed E-state index contributed by atoms with van der Waals surface area (Å²) in [6, 6.07) is 0. The van der Waals surface area contributed by atoms with Crippen molar-refractivity contribution in [3.8, 4) is 0 Å². The topological polar surface area (TPSA) is 157 Å². The molecule has 0 aliphatic carbocycles. The standard InChI is InChI=1S/C17H28O10/c1-9(16(21)22)7-25-14(12(4)19)8-26-27-15(20)6-5-13(17(23)24)10(2)11(3)18/h9-10,13-14,17,23-24H,5-8H2,1-4H3,(H,21,22). The first-order valence-electron chi connectivity index (χ1n) is 8.51. The van der Waals surface area contributed by atoms with Crippen LogP contribution in [0.2, 0.25) is 0 Å². The highest BCUT2D eigenvalue weighted by molar-refractivity contribution is 5.80. The van der Waals surface area contributed by atoms with Gasteiger partial charge in [-0.25, -0.2) is 4.79 Å². The quantitative estimate of drug-likeness (QED) is 0.210. The molecule has 0 spiro atoms. The summed E-state index contributed by atoms with van der Waals surface area (Å²) in [4.78, 5) is 54.4. The number of rotatable bonds is 14. The molecule has 4 unspecified atom stereocenters. The number of aliphatic hydroxyl groups excluding tert-OH is 1. The minimum absolute atomic E-state index is 0.0105. The number of aliphatic carboxylic acids is 1. The Morgan fingerprint density at radius 1 is 0.963 bits per heavy atom. The Bertz CT molecular complexity index is 516. The highest BCUT2D eigenvalue weighted by Crippen LogP contribution is 2.22. The number of carboxylic acid groups (broad SMARTS) is 1. The van der Waals surface area contributed by atoms with E-state index in [2.05, 4.69) is 9.78 Å². The molecule has 0 rings (SSSR count). The number of carbonyl (C=O) groups excluding carboxylic acids is 3. The molecule has 10 nitrogen and oxygen atoms in total. The van der Waals surface area contributed by atoms with Crippen molar-refractivity contribution in [2.75, 3.05) is 13.2 Å². The van der Waals surface area contributed by atoms with Crippen LogP contribution >= 0.6 is 0 Å². The summed E-state index contributed by atoms with van der Waals surface area (Å²) in [5.41, 5.74) is 0.